The van der Waals surface area contributed by atoms with Crippen LogP contribution in [0.1, 0.15) is 40.7 Å². The van der Waals surface area contributed by atoms with Crippen molar-refractivity contribution < 1.29 is 19.4 Å². The number of aliphatic carboxylic acids is 1. The summed E-state index contributed by atoms with van der Waals surface area (Å²) in [6.07, 6.45) is -0.287. The molecule has 1 amide bonds. The molecule has 2 heterocycles. The van der Waals surface area contributed by atoms with Gasteiger partial charge in [0.1, 0.15) is 5.75 Å². The van der Waals surface area contributed by atoms with Gasteiger partial charge in [-0.1, -0.05) is 12.1 Å². The molecule has 1 atom stereocenters. The first kappa shape index (κ1) is 20.3. The van der Waals surface area contributed by atoms with Gasteiger partial charge in [0.15, 0.2) is 5.65 Å². The lowest BCUT2D eigenvalue weighted by atomic mass is 9.87. The quantitative estimate of drug-likeness (QED) is 0.664. The molecule has 0 aliphatic heterocycles. The fraction of sp³-hybridized carbons (Fsp3) is 0.333. The number of nitrogens with zero attached hydrogens (tertiary/aromatic N) is 3. The van der Waals surface area contributed by atoms with Crippen LogP contribution in [0.15, 0.2) is 30.3 Å². The molecule has 0 aliphatic carbocycles. The van der Waals surface area contributed by atoms with Crippen molar-refractivity contribution in [1.82, 2.24) is 20.1 Å². The molecule has 2 N–H and O–H groups in total. The molecular weight excluding hydrogens is 372 g/mol. The Hall–Kier alpha value is -3.42. The normalized spacial score (nSPS) is 13.1. The van der Waals surface area contributed by atoms with Crippen LogP contribution in [0.25, 0.3) is 11.0 Å². The Kier molecular flexibility index (Phi) is 5.28. The monoisotopic (exact) mass is 396 g/mol. The van der Waals surface area contributed by atoms with Crippen LogP contribution in [-0.2, 0) is 17.4 Å². The van der Waals surface area contributed by atoms with Crippen molar-refractivity contribution in [3.63, 3.8) is 0 Å². The van der Waals surface area contributed by atoms with Gasteiger partial charge >= 0.3 is 5.97 Å². The SMILES string of the molecule is COc1cccc(C(C)(CC(=O)O)NC(=O)c2cc(C)nc3c2c(C)nn3C)c1. The Bertz CT molecular complexity index is 1110. The Balaban J connectivity index is 2.08. The summed E-state index contributed by atoms with van der Waals surface area (Å²) in [6.45, 7) is 5.31. The third-order valence-corrected chi connectivity index (χ3v) is 4.94. The zero-order valence-corrected chi connectivity index (χ0v) is 17.1. The number of fused-ring (bicyclic) bond motifs is 1. The minimum atomic E-state index is -1.14. The average molecular weight is 396 g/mol. The number of hydrogen-bond donors (Lipinski definition) is 2. The van der Waals surface area contributed by atoms with E-state index in [0.717, 1.165) is 0 Å². The number of amides is 1. The fourth-order valence-electron chi connectivity index (χ4n) is 3.55. The summed E-state index contributed by atoms with van der Waals surface area (Å²) >= 11 is 0. The summed E-state index contributed by atoms with van der Waals surface area (Å²) in [7, 11) is 3.31. The number of nitrogens with one attached hydrogen (secondary N) is 1. The van der Waals surface area contributed by atoms with E-state index in [0.29, 0.717) is 39.3 Å². The van der Waals surface area contributed by atoms with Gasteiger partial charge in [-0.25, -0.2) is 4.98 Å². The van der Waals surface area contributed by atoms with E-state index in [4.69, 9.17) is 4.74 Å². The van der Waals surface area contributed by atoms with Crippen LogP contribution in [0.5, 0.6) is 5.75 Å². The number of aromatic nitrogens is 3. The maximum absolute atomic E-state index is 13.3. The molecule has 2 aromatic heterocycles. The first-order chi connectivity index (χ1) is 13.6. The Labute approximate surface area is 168 Å². The van der Waals surface area contributed by atoms with Gasteiger partial charge in [-0.15, -0.1) is 0 Å². The molecule has 29 heavy (non-hydrogen) atoms. The number of methoxy groups -OCH3 is 1. The third kappa shape index (κ3) is 3.91. The van der Waals surface area contributed by atoms with Crippen LogP contribution in [0.2, 0.25) is 0 Å². The summed E-state index contributed by atoms with van der Waals surface area (Å²) < 4.78 is 6.89. The number of carboxylic acids is 1. The second-order valence-corrected chi connectivity index (χ2v) is 7.31. The maximum Gasteiger partial charge on any atom is 0.306 e. The molecular formula is C21H24N4O4. The van der Waals surface area contributed by atoms with Crippen molar-refractivity contribution in [2.24, 2.45) is 7.05 Å². The average Bonchev–Trinajstić information content (AvgIpc) is 2.94. The minimum Gasteiger partial charge on any atom is -0.497 e. The molecule has 0 bridgehead atoms. The van der Waals surface area contributed by atoms with Crippen molar-refractivity contribution in [2.45, 2.75) is 32.7 Å². The largest absolute Gasteiger partial charge is 0.497 e. The second kappa shape index (κ2) is 7.54. The highest BCUT2D eigenvalue weighted by Crippen LogP contribution is 2.29. The summed E-state index contributed by atoms with van der Waals surface area (Å²) in [4.78, 5) is 29.4. The van der Waals surface area contributed by atoms with Gasteiger partial charge in [-0.3, -0.25) is 14.3 Å². The number of benzene rings is 1. The van der Waals surface area contributed by atoms with E-state index in [1.54, 1.807) is 55.9 Å². The molecule has 3 aromatic rings. The van der Waals surface area contributed by atoms with E-state index >= 15 is 0 Å². The van der Waals surface area contributed by atoms with Crippen LogP contribution in [0.3, 0.4) is 0 Å². The van der Waals surface area contributed by atoms with Crippen LogP contribution < -0.4 is 10.1 Å². The fourth-order valence-corrected chi connectivity index (χ4v) is 3.55. The number of rotatable bonds is 6. The topological polar surface area (TPSA) is 106 Å². The van der Waals surface area contributed by atoms with Gasteiger partial charge in [-0.2, -0.15) is 5.10 Å². The predicted octanol–water partition coefficient (Wildman–Crippen LogP) is 2.71. The first-order valence-corrected chi connectivity index (χ1v) is 9.14. The van der Waals surface area contributed by atoms with Gasteiger partial charge in [0, 0.05) is 12.7 Å². The summed E-state index contributed by atoms with van der Waals surface area (Å²) in [5.74, 6) is -0.828. The lowest BCUT2D eigenvalue weighted by Crippen LogP contribution is -2.45. The molecule has 8 heteroatoms. The molecule has 8 nitrogen and oxygen atoms in total. The van der Waals surface area contributed by atoms with Crippen LogP contribution in [-0.4, -0.2) is 38.9 Å². The lowest BCUT2D eigenvalue weighted by Gasteiger charge is -2.30. The van der Waals surface area contributed by atoms with Crippen molar-refractivity contribution in [3.05, 3.63) is 52.8 Å². The molecule has 0 fully saturated rings. The number of aryl methyl sites for hydroxylation is 3. The van der Waals surface area contributed by atoms with E-state index in [1.165, 1.54) is 7.11 Å². The maximum atomic E-state index is 13.3. The van der Waals surface area contributed by atoms with Crippen LogP contribution in [0.4, 0.5) is 0 Å². The number of pyridine rings is 1. The number of ether oxygens (including phenoxy) is 1. The van der Waals surface area contributed by atoms with E-state index in [1.807, 2.05) is 6.92 Å². The lowest BCUT2D eigenvalue weighted by molar-refractivity contribution is -0.138. The molecule has 152 valence electrons. The van der Waals surface area contributed by atoms with Gasteiger partial charge in [0.2, 0.25) is 0 Å². The van der Waals surface area contributed by atoms with Crippen molar-refractivity contribution in [2.75, 3.05) is 7.11 Å². The molecule has 0 saturated carbocycles. The summed E-state index contributed by atoms with van der Waals surface area (Å²) in [5.41, 5.74) is 1.87. The summed E-state index contributed by atoms with van der Waals surface area (Å²) in [5, 5.41) is 17.4. The number of hydrogen-bond acceptors (Lipinski definition) is 5. The minimum absolute atomic E-state index is 0.287. The Morgan fingerprint density at radius 3 is 2.66 bits per heavy atom. The summed E-state index contributed by atoms with van der Waals surface area (Å²) in [6, 6.07) is 8.72. The van der Waals surface area contributed by atoms with Crippen LogP contribution >= 0.6 is 0 Å². The highest BCUT2D eigenvalue weighted by Gasteiger charge is 2.33. The molecule has 0 saturated heterocycles. The smallest absolute Gasteiger partial charge is 0.306 e. The van der Waals surface area contributed by atoms with Gasteiger partial charge in [-0.05, 0) is 44.5 Å². The number of carbonyl (C=O) groups excluding carboxylic acids is 1. The predicted molar refractivity (Wildman–Crippen MR) is 108 cm³/mol. The first-order valence-electron chi connectivity index (χ1n) is 9.14. The van der Waals surface area contributed by atoms with Crippen molar-refractivity contribution >= 4 is 22.9 Å². The van der Waals surface area contributed by atoms with Gasteiger partial charge in [0.05, 0.1) is 35.7 Å². The number of carboxylic acid groups (broad SMARTS) is 1. The highest BCUT2D eigenvalue weighted by atomic mass is 16.5. The van der Waals surface area contributed by atoms with E-state index < -0.39 is 11.5 Å². The zero-order chi connectivity index (χ0) is 21.3. The van der Waals surface area contributed by atoms with Crippen molar-refractivity contribution in [1.29, 1.82) is 0 Å². The molecule has 0 radical (unpaired) electrons. The van der Waals surface area contributed by atoms with E-state index in [2.05, 4.69) is 15.4 Å². The zero-order valence-electron chi connectivity index (χ0n) is 17.1. The standard InChI is InChI=1S/C21H24N4O4/c1-12-9-16(18-13(2)24-25(4)19(18)22-12)20(28)23-21(3,11-17(26)27)14-7-6-8-15(10-14)29-5/h6-10H,11H2,1-5H3,(H,23,28)(H,26,27). The Morgan fingerprint density at radius 1 is 1.28 bits per heavy atom. The highest BCUT2D eigenvalue weighted by molar-refractivity contribution is 6.07. The molecule has 1 aromatic carbocycles. The Morgan fingerprint density at radius 2 is 2.00 bits per heavy atom. The molecule has 3 rings (SSSR count). The molecule has 1 unspecified atom stereocenters. The second-order valence-electron chi connectivity index (χ2n) is 7.31. The third-order valence-electron chi connectivity index (χ3n) is 4.94. The van der Waals surface area contributed by atoms with Gasteiger partial charge in [0.25, 0.3) is 5.91 Å². The van der Waals surface area contributed by atoms with E-state index in [9.17, 15) is 14.7 Å². The van der Waals surface area contributed by atoms with Crippen LogP contribution in [0, 0.1) is 13.8 Å². The molecule has 0 spiro atoms. The molecule has 0 aliphatic rings. The van der Waals surface area contributed by atoms with E-state index in [-0.39, 0.29) is 12.3 Å². The number of carbonyl (C=O) groups is 2. The van der Waals surface area contributed by atoms with Gasteiger partial charge < -0.3 is 15.2 Å². The van der Waals surface area contributed by atoms with Crippen molar-refractivity contribution in [3.8, 4) is 5.75 Å².